The Labute approximate surface area is 128 Å². The van der Waals surface area contributed by atoms with Crippen molar-refractivity contribution in [2.24, 2.45) is 0 Å². The summed E-state index contributed by atoms with van der Waals surface area (Å²) in [7, 11) is 0. The molecular weight excluding hydrogens is 292 g/mol. The molecule has 1 fully saturated rings. The standard InChI is InChI=1S/C15H19ClN2O3/c16-12-6-4-11(5-7-12)8-9-17-15(21)18-10-2-1-3-13(18)14(19)20/h4-7,13H,1-3,8-10H2,(H,17,21)(H,19,20). The van der Waals surface area contributed by atoms with Crippen LogP contribution in [-0.2, 0) is 11.2 Å². The average molecular weight is 311 g/mol. The van der Waals surface area contributed by atoms with Gasteiger partial charge in [0.1, 0.15) is 6.04 Å². The SMILES string of the molecule is O=C(O)C1CCCCN1C(=O)NCCc1ccc(Cl)cc1. The Kier molecular flexibility index (Phi) is 5.44. The smallest absolute Gasteiger partial charge is 0.326 e. The number of urea groups is 1. The van der Waals surface area contributed by atoms with Crippen molar-refractivity contribution in [1.82, 2.24) is 10.2 Å². The van der Waals surface area contributed by atoms with Crippen LogP contribution < -0.4 is 5.32 Å². The summed E-state index contributed by atoms with van der Waals surface area (Å²) in [5, 5.41) is 12.6. The fraction of sp³-hybridized carbons (Fsp3) is 0.467. The lowest BCUT2D eigenvalue weighted by atomic mass is 10.0. The Balaban J connectivity index is 1.83. The third-order valence-corrected chi connectivity index (χ3v) is 3.90. The second-order valence-electron chi connectivity index (χ2n) is 5.15. The molecule has 0 radical (unpaired) electrons. The highest BCUT2D eigenvalue weighted by molar-refractivity contribution is 6.30. The van der Waals surface area contributed by atoms with Crippen molar-refractivity contribution in [3.8, 4) is 0 Å². The summed E-state index contributed by atoms with van der Waals surface area (Å²) in [5.41, 5.74) is 1.08. The number of carbonyl (C=O) groups excluding carboxylic acids is 1. The summed E-state index contributed by atoms with van der Waals surface area (Å²) in [5.74, 6) is -0.928. The Hall–Kier alpha value is -1.75. The molecule has 114 valence electrons. The quantitative estimate of drug-likeness (QED) is 0.898. The molecule has 1 heterocycles. The van der Waals surface area contributed by atoms with Gasteiger partial charge in [0, 0.05) is 18.1 Å². The van der Waals surface area contributed by atoms with E-state index in [2.05, 4.69) is 5.32 Å². The van der Waals surface area contributed by atoms with Crippen molar-refractivity contribution in [3.05, 3.63) is 34.9 Å². The lowest BCUT2D eigenvalue weighted by Crippen LogP contribution is -2.52. The number of amides is 2. The number of likely N-dealkylation sites (tertiary alicyclic amines) is 1. The number of halogens is 1. The second kappa shape index (κ2) is 7.31. The fourth-order valence-electron chi connectivity index (χ4n) is 2.50. The minimum Gasteiger partial charge on any atom is -0.480 e. The highest BCUT2D eigenvalue weighted by Gasteiger charge is 2.31. The zero-order chi connectivity index (χ0) is 15.2. The molecule has 1 atom stereocenters. The molecule has 6 heteroatoms. The molecule has 1 aliphatic rings. The largest absolute Gasteiger partial charge is 0.480 e. The van der Waals surface area contributed by atoms with Gasteiger partial charge in [-0.2, -0.15) is 0 Å². The van der Waals surface area contributed by atoms with E-state index < -0.39 is 12.0 Å². The zero-order valence-corrected chi connectivity index (χ0v) is 12.5. The Morgan fingerprint density at radius 3 is 2.67 bits per heavy atom. The van der Waals surface area contributed by atoms with E-state index in [1.807, 2.05) is 24.3 Å². The van der Waals surface area contributed by atoms with E-state index in [9.17, 15) is 9.59 Å². The van der Waals surface area contributed by atoms with Crippen LogP contribution in [0.3, 0.4) is 0 Å². The highest BCUT2D eigenvalue weighted by atomic mass is 35.5. The maximum atomic E-state index is 12.1. The molecule has 2 rings (SSSR count). The van der Waals surface area contributed by atoms with Gasteiger partial charge < -0.3 is 15.3 Å². The predicted molar refractivity (Wildman–Crippen MR) is 80.5 cm³/mol. The van der Waals surface area contributed by atoms with Gasteiger partial charge in [-0.1, -0.05) is 23.7 Å². The molecule has 0 aromatic heterocycles. The van der Waals surface area contributed by atoms with Crippen LogP contribution in [0.1, 0.15) is 24.8 Å². The maximum absolute atomic E-state index is 12.1. The summed E-state index contributed by atoms with van der Waals surface area (Å²) < 4.78 is 0. The van der Waals surface area contributed by atoms with Crippen LogP contribution in [0.5, 0.6) is 0 Å². The van der Waals surface area contributed by atoms with Crippen molar-refractivity contribution in [3.63, 3.8) is 0 Å². The molecule has 1 saturated heterocycles. The van der Waals surface area contributed by atoms with E-state index in [0.717, 1.165) is 18.4 Å². The van der Waals surface area contributed by atoms with Gasteiger partial charge in [0.25, 0.3) is 0 Å². The van der Waals surface area contributed by atoms with E-state index in [-0.39, 0.29) is 6.03 Å². The molecule has 0 aliphatic carbocycles. The molecule has 5 nitrogen and oxygen atoms in total. The molecule has 0 saturated carbocycles. The van der Waals surface area contributed by atoms with Crippen molar-refractivity contribution in [2.45, 2.75) is 31.7 Å². The van der Waals surface area contributed by atoms with Gasteiger partial charge in [0.2, 0.25) is 0 Å². The number of hydrogen-bond donors (Lipinski definition) is 2. The molecule has 2 amide bonds. The lowest BCUT2D eigenvalue weighted by Gasteiger charge is -2.32. The Morgan fingerprint density at radius 2 is 2.00 bits per heavy atom. The first-order valence-corrected chi connectivity index (χ1v) is 7.47. The predicted octanol–water partition coefficient (Wildman–Crippen LogP) is 2.53. The first kappa shape index (κ1) is 15.6. The van der Waals surface area contributed by atoms with Crippen LogP contribution >= 0.6 is 11.6 Å². The van der Waals surface area contributed by atoms with Crippen LogP contribution in [0.2, 0.25) is 5.02 Å². The molecule has 0 spiro atoms. The van der Waals surface area contributed by atoms with E-state index in [4.69, 9.17) is 16.7 Å². The third-order valence-electron chi connectivity index (χ3n) is 3.65. The summed E-state index contributed by atoms with van der Waals surface area (Å²) in [6.45, 7) is 0.979. The number of hydrogen-bond acceptors (Lipinski definition) is 2. The summed E-state index contributed by atoms with van der Waals surface area (Å²) in [4.78, 5) is 24.7. The maximum Gasteiger partial charge on any atom is 0.326 e. The number of carboxylic acid groups (broad SMARTS) is 1. The van der Waals surface area contributed by atoms with Crippen molar-refractivity contribution < 1.29 is 14.7 Å². The van der Waals surface area contributed by atoms with E-state index >= 15 is 0 Å². The van der Waals surface area contributed by atoms with Crippen LogP contribution in [0, 0.1) is 0 Å². The topological polar surface area (TPSA) is 69.6 Å². The first-order valence-electron chi connectivity index (χ1n) is 7.09. The fourth-order valence-corrected chi connectivity index (χ4v) is 2.62. The van der Waals surface area contributed by atoms with Crippen LogP contribution in [0.25, 0.3) is 0 Å². The molecule has 21 heavy (non-hydrogen) atoms. The van der Waals surface area contributed by atoms with Gasteiger partial charge in [-0.3, -0.25) is 0 Å². The number of aliphatic carboxylic acids is 1. The minimum absolute atomic E-state index is 0.295. The van der Waals surface area contributed by atoms with Crippen LogP contribution in [0.15, 0.2) is 24.3 Å². The molecule has 0 bridgehead atoms. The molecular formula is C15H19ClN2O3. The Bertz CT molecular complexity index is 504. The van der Waals surface area contributed by atoms with Gasteiger partial charge in [-0.25, -0.2) is 9.59 Å². The monoisotopic (exact) mass is 310 g/mol. The number of rotatable bonds is 4. The number of nitrogens with zero attached hydrogens (tertiary/aromatic N) is 1. The van der Waals surface area contributed by atoms with Crippen molar-refractivity contribution >= 4 is 23.6 Å². The summed E-state index contributed by atoms with van der Waals surface area (Å²) >= 11 is 5.81. The minimum atomic E-state index is -0.928. The zero-order valence-electron chi connectivity index (χ0n) is 11.7. The van der Waals surface area contributed by atoms with Gasteiger partial charge in [0.15, 0.2) is 0 Å². The van der Waals surface area contributed by atoms with E-state index in [1.54, 1.807) is 0 Å². The molecule has 1 unspecified atom stereocenters. The van der Waals surface area contributed by atoms with Gasteiger partial charge >= 0.3 is 12.0 Å². The summed E-state index contributed by atoms with van der Waals surface area (Å²) in [6, 6.07) is 6.45. The van der Waals surface area contributed by atoms with Gasteiger partial charge in [-0.05, 0) is 43.4 Å². The van der Waals surface area contributed by atoms with E-state index in [1.165, 1.54) is 4.90 Å². The summed E-state index contributed by atoms with van der Waals surface area (Å²) in [6.07, 6.45) is 2.92. The van der Waals surface area contributed by atoms with Crippen molar-refractivity contribution in [2.75, 3.05) is 13.1 Å². The third kappa shape index (κ3) is 4.36. The van der Waals surface area contributed by atoms with Gasteiger partial charge in [-0.15, -0.1) is 0 Å². The normalized spacial score (nSPS) is 18.3. The number of benzene rings is 1. The van der Waals surface area contributed by atoms with Crippen molar-refractivity contribution in [1.29, 1.82) is 0 Å². The molecule has 2 N–H and O–H groups in total. The highest BCUT2D eigenvalue weighted by Crippen LogP contribution is 2.17. The molecule has 1 aliphatic heterocycles. The second-order valence-corrected chi connectivity index (χ2v) is 5.59. The average Bonchev–Trinajstić information content (AvgIpc) is 2.49. The van der Waals surface area contributed by atoms with Crippen LogP contribution in [-0.4, -0.2) is 41.1 Å². The lowest BCUT2D eigenvalue weighted by molar-refractivity contribution is -0.143. The number of carbonyl (C=O) groups is 2. The Morgan fingerprint density at radius 1 is 1.29 bits per heavy atom. The van der Waals surface area contributed by atoms with E-state index in [0.29, 0.717) is 31.0 Å². The number of nitrogens with one attached hydrogen (secondary N) is 1. The first-order chi connectivity index (χ1) is 10.1. The molecule has 1 aromatic carbocycles. The van der Waals surface area contributed by atoms with Gasteiger partial charge in [0.05, 0.1) is 0 Å². The molecule has 1 aromatic rings. The van der Waals surface area contributed by atoms with Crippen LogP contribution in [0.4, 0.5) is 4.79 Å². The number of piperidine rings is 1. The number of carboxylic acids is 1.